The lowest BCUT2D eigenvalue weighted by Gasteiger charge is -2.17. The number of carboxylic acid groups (broad SMARTS) is 1. The normalized spacial score (nSPS) is 13.7. The number of carbonyl (C=O) groups excluding carboxylic acids is 1. The van der Waals surface area contributed by atoms with Crippen LogP contribution in [0, 0.1) is 5.92 Å². The van der Waals surface area contributed by atoms with Gasteiger partial charge in [0.2, 0.25) is 5.91 Å². The van der Waals surface area contributed by atoms with Gasteiger partial charge in [-0.25, -0.2) is 4.79 Å². The lowest BCUT2D eigenvalue weighted by Crippen LogP contribution is -2.41. The van der Waals surface area contributed by atoms with Crippen molar-refractivity contribution in [3.63, 3.8) is 0 Å². The summed E-state index contributed by atoms with van der Waals surface area (Å²) >= 11 is 0. The standard InChI is InChI=1S/C16H24N2O3/c1-11(2)10-14(16(20)21)18-15(19)9-8-13(17)12-6-4-3-5-7-12/h3-7,11,13-14H,8-10,17H2,1-2H3,(H,18,19)(H,20,21)/t13?,14-/m0/s1. The first kappa shape index (κ1) is 17.2. The molecule has 5 nitrogen and oxygen atoms in total. The zero-order valence-corrected chi connectivity index (χ0v) is 12.6. The van der Waals surface area contributed by atoms with Gasteiger partial charge in [-0.3, -0.25) is 4.79 Å². The highest BCUT2D eigenvalue weighted by molar-refractivity contribution is 5.83. The molecule has 0 heterocycles. The molecule has 1 aromatic carbocycles. The maximum Gasteiger partial charge on any atom is 0.326 e. The number of amides is 1. The van der Waals surface area contributed by atoms with E-state index in [-0.39, 0.29) is 24.3 Å². The number of nitrogens with one attached hydrogen (secondary N) is 1. The Morgan fingerprint density at radius 2 is 1.86 bits per heavy atom. The van der Waals surface area contributed by atoms with Crippen molar-refractivity contribution in [3.8, 4) is 0 Å². The van der Waals surface area contributed by atoms with Crippen molar-refractivity contribution in [2.75, 3.05) is 0 Å². The Hall–Kier alpha value is -1.88. The van der Waals surface area contributed by atoms with Gasteiger partial charge in [-0.2, -0.15) is 0 Å². The van der Waals surface area contributed by atoms with E-state index in [4.69, 9.17) is 10.8 Å². The molecule has 1 rings (SSSR count). The van der Waals surface area contributed by atoms with Crippen molar-refractivity contribution >= 4 is 11.9 Å². The number of benzene rings is 1. The van der Waals surface area contributed by atoms with Gasteiger partial charge in [-0.1, -0.05) is 44.2 Å². The van der Waals surface area contributed by atoms with E-state index in [0.29, 0.717) is 12.8 Å². The summed E-state index contributed by atoms with van der Waals surface area (Å²) in [4.78, 5) is 22.9. The van der Waals surface area contributed by atoms with E-state index < -0.39 is 12.0 Å². The highest BCUT2D eigenvalue weighted by atomic mass is 16.4. The second-order valence-electron chi connectivity index (χ2n) is 5.64. The molecule has 5 heteroatoms. The second kappa shape index (κ2) is 8.42. The topological polar surface area (TPSA) is 92.4 Å². The van der Waals surface area contributed by atoms with Crippen LogP contribution in [0.3, 0.4) is 0 Å². The molecule has 1 amide bonds. The number of aliphatic carboxylic acids is 1. The Morgan fingerprint density at radius 1 is 1.24 bits per heavy atom. The monoisotopic (exact) mass is 292 g/mol. The minimum atomic E-state index is -0.996. The highest BCUT2D eigenvalue weighted by Gasteiger charge is 2.21. The molecule has 0 saturated carbocycles. The van der Waals surface area contributed by atoms with Gasteiger partial charge < -0.3 is 16.2 Å². The first-order chi connectivity index (χ1) is 9.90. The fourth-order valence-corrected chi connectivity index (χ4v) is 2.11. The highest BCUT2D eigenvalue weighted by Crippen LogP contribution is 2.15. The van der Waals surface area contributed by atoms with Crippen molar-refractivity contribution in [3.05, 3.63) is 35.9 Å². The van der Waals surface area contributed by atoms with E-state index in [1.807, 2.05) is 44.2 Å². The number of hydrogen-bond acceptors (Lipinski definition) is 3. The van der Waals surface area contributed by atoms with Crippen molar-refractivity contribution in [1.82, 2.24) is 5.32 Å². The van der Waals surface area contributed by atoms with Gasteiger partial charge >= 0.3 is 5.97 Å². The van der Waals surface area contributed by atoms with Gasteiger partial charge in [-0.05, 0) is 24.3 Å². The first-order valence-electron chi connectivity index (χ1n) is 7.22. The molecular formula is C16H24N2O3. The summed E-state index contributed by atoms with van der Waals surface area (Å²) in [7, 11) is 0. The molecule has 0 fully saturated rings. The average Bonchev–Trinajstić information content (AvgIpc) is 2.44. The number of carboxylic acids is 1. The van der Waals surface area contributed by atoms with E-state index in [9.17, 15) is 9.59 Å². The van der Waals surface area contributed by atoms with E-state index in [2.05, 4.69) is 5.32 Å². The predicted molar refractivity (Wildman–Crippen MR) is 81.6 cm³/mol. The van der Waals surface area contributed by atoms with Gasteiger partial charge in [0.05, 0.1) is 0 Å². The molecule has 0 aliphatic rings. The van der Waals surface area contributed by atoms with Crippen LogP contribution in [0.2, 0.25) is 0 Å². The zero-order valence-electron chi connectivity index (χ0n) is 12.6. The van der Waals surface area contributed by atoms with Gasteiger partial charge in [-0.15, -0.1) is 0 Å². The molecule has 0 saturated heterocycles. The quantitative estimate of drug-likeness (QED) is 0.684. The number of nitrogens with two attached hydrogens (primary N) is 1. The lowest BCUT2D eigenvalue weighted by atomic mass is 10.0. The van der Waals surface area contributed by atoms with Crippen LogP contribution in [0.25, 0.3) is 0 Å². The molecule has 116 valence electrons. The summed E-state index contributed by atoms with van der Waals surface area (Å²) in [5, 5.41) is 11.6. The van der Waals surface area contributed by atoms with Crippen LogP contribution in [-0.4, -0.2) is 23.0 Å². The van der Waals surface area contributed by atoms with Crippen molar-refractivity contribution < 1.29 is 14.7 Å². The Kier molecular flexibility index (Phi) is 6.88. The fourth-order valence-electron chi connectivity index (χ4n) is 2.11. The Labute approximate surface area is 125 Å². The Morgan fingerprint density at radius 3 is 2.38 bits per heavy atom. The maximum absolute atomic E-state index is 11.8. The van der Waals surface area contributed by atoms with Crippen LogP contribution in [0.5, 0.6) is 0 Å². The molecule has 1 unspecified atom stereocenters. The lowest BCUT2D eigenvalue weighted by molar-refractivity contribution is -0.142. The smallest absolute Gasteiger partial charge is 0.326 e. The van der Waals surface area contributed by atoms with Gasteiger partial charge in [0.1, 0.15) is 6.04 Å². The first-order valence-corrected chi connectivity index (χ1v) is 7.22. The van der Waals surface area contributed by atoms with Gasteiger partial charge in [0, 0.05) is 12.5 Å². The molecule has 0 radical (unpaired) electrons. The predicted octanol–water partition coefficient (Wildman–Crippen LogP) is 2.08. The second-order valence-corrected chi connectivity index (χ2v) is 5.64. The van der Waals surface area contributed by atoms with Crippen molar-refractivity contribution in [2.24, 2.45) is 11.7 Å². The maximum atomic E-state index is 11.8. The van der Waals surface area contributed by atoms with Gasteiger partial charge in [0.15, 0.2) is 0 Å². The summed E-state index contributed by atoms with van der Waals surface area (Å²) in [6.07, 6.45) is 1.13. The summed E-state index contributed by atoms with van der Waals surface area (Å²) in [5.74, 6) is -1.06. The third-order valence-electron chi connectivity index (χ3n) is 3.25. The Balaban J connectivity index is 2.44. The average molecular weight is 292 g/mol. The number of rotatable bonds is 8. The molecule has 2 atom stereocenters. The van der Waals surface area contributed by atoms with E-state index in [0.717, 1.165) is 5.56 Å². The Bertz CT molecular complexity index is 460. The largest absolute Gasteiger partial charge is 0.480 e. The van der Waals surface area contributed by atoms with Crippen LogP contribution in [0.1, 0.15) is 44.7 Å². The number of hydrogen-bond donors (Lipinski definition) is 3. The number of carbonyl (C=O) groups is 2. The third-order valence-corrected chi connectivity index (χ3v) is 3.25. The molecule has 0 aliphatic heterocycles. The molecule has 0 aromatic heterocycles. The summed E-state index contributed by atoms with van der Waals surface area (Å²) in [6, 6.07) is 8.50. The molecule has 0 spiro atoms. The third kappa shape index (κ3) is 6.40. The molecule has 4 N–H and O–H groups in total. The molecule has 0 aliphatic carbocycles. The van der Waals surface area contributed by atoms with Crippen LogP contribution >= 0.6 is 0 Å². The van der Waals surface area contributed by atoms with Crippen molar-refractivity contribution in [2.45, 2.75) is 45.2 Å². The van der Waals surface area contributed by atoms with Crippen LogP contribution in [0.15, 0.2) is 30.3 Å². The van der Waals surface area contributed by atoms with Crippen molar-refractivity contribution in [1.29, 1.82) is 0 Å². The molecule has 0 bridgehead atoms. The zero-order chi connectivity index (χ0) is 15.8. The molecular weight excluding hydrogens is 268 g/mol. The van der Waals surface area contributed by atoms with E-state index in [1.54, 1.807) is 0 Å². The van der Waals surface area contributed by atoms with Gasteiger partial charge in [0.25, 0.3) is 0 Å². The van der Waals surface area contributed by atoms with Crippen LogP contribution < -0.4 is 11.1 Å². The molecule has 21 heavy (non-hydrogen) atoms. The minimum Gasteiger partial charge on any atom is -0.480 e. The van der Waals surface area contributed by atoms with Crippen LogP contribution in [-0.2, 0) is 9.59 Å². The van der Waals surface area contributed by atoms with E-state index >= 15 is 0 Å². The SMILES string of the molecule is CC(C)C[C@H](NC(=O)CCC(N)c1ccccc1)C(=O)O. The van der Waals surface area contributed by atoms with E-state index in [1.165, 1.54) is 0 Å². The van der Waals surface area contributed by atoms with Crippen LogP contribution in [0.4, 0.5) is 0 Å². The summed E-state index contributed by atoms with van der Waals surface area (Å²) < 4.78 is 0. The molecule has 1 aromatic rings. The minimum absolute atomic E-state index is 0.206. The fraction of sp³-hybridized carbons (Fsp3) is 0.500. The summed E-state index contributed by atoms with van der Waals surface area (Å²) in [6.45, 7) is 3.85. The summed E-state index contributed by atoms with van der Waals surface area (Å²) in [5.41, 5.74) is 6.99.